The molecule has 1 amide bonds. The molecule has 0 saturated heterocycles. The third-order valence-electron chi connectivity index (χ3n) is 3.24. The minimum atomic E-state index is -0.242. The lowest BCUT2D eigenvalue weighted by Gasteiger charge is -2.25. The Kier molecular flexibility index (Phi) is 3.33. The average molecular weight is 238 g/mol. The van der Waals surface area contributed by atoms with Crippen LogP contribution in [-0.2, 0) is 0 Å². The largest absolute Gasteiger partial charge is 0.395 e. The number of rotatable bonds is 2. The van der Waals surface area contributed by atoms with Crippen LogP contribution in [0.5, 0.6) is 0 Å². The van der Waals surface area contributed by atoms with E-state index in [1.165, 1.54) is 0 Å². The van der Waals surface area contributed by atoms with E-state index in [1.807, 2.05) is 0 Å². The maximum Gasteiger partial charge on any atom is 0.274 e. The maximum absolute atomic E-state index is 11.9. The van der Waals surface area contributed by atoms with Gasteiger partial charge in [-0.3, -0.25) is 9.89 Å². The van der Waals surface area contributed by atoms with E-state index in [2.05, 4.69) is 15.5 Å². The number of aromatic amines is 1. The van der Waals surface area contributed by atoms with Crippen molar-refractivity contribution in [2.45, 2.75) is 44.8 Å². The normalized spacial score (nSPS) is 24.6. The predicted molar refractivity (Wildman–Crippen MR) is 63.5 cm³/mol. The van der Waals surface area contributed by atoms with Crippen molar-refractivity contribution >= 4 is 11.6 Å². The van der Waals surface area contributed by atoms with E-state index in [9.17, 15) is 9.90 Å². The summed E-state index contributed by atoms with van der Waals surface area (Å²) in [5.74, 6) is -0.242. The third kappa shape index (κ3) is 2.58. The van der Waals surface area contributed by atoms with E-state index in [0.717, 1.165) is 25.7 Å². The van der Waals surface area contributed by atoms with Crippen LogP contribution in [0.25, 0.3) is 0 Å². The molecule has 0 atom stereocenters. The summed E-state index contributed by atoms with van der Waals surface area (Å²) in [4.78, 5) is 11.9. The van der Waals surface area contributed by atoms with Crippen molar-refractivity contribution in [2.75, 3.05) is 5.73 Å². The molecular weight excluding hydrogens is 220 g/mol. The molecule has 2 rings (SSSR count). The Morgan fingerprint density at radius 1 is 1.47 bits per heavy atom. The zero-order valence-corrected chi connectivity index (χ0v) is 9.86. The second kappa shape index (κ2) is 4.75. The lowest BCUT2D eigenvalue weighted by Crippen LogP contribution is -2.39. The number of carbonyl (C=O) groups is 1. The highest BCUT2D eigenvalue weighted by molar-refractivity contribution is 5.97. The number of carbonyl (C=O) groups excluding carboxylic acids is 1. The van der Waals surface area contributed by atoms with Gasteiger partial charge in [0.2, 0.25) is 0 Å². The van der Waals surface area contributed by atoms with Crippen LogP contribution in [-0.4, -0.2) is 33.4 Å². The minimum absolute atomic E-state index is 0.113. The van der Waals surface area contributed by atoms with E-state index in [-0.39, 0.29) is 23.7 Å². The molecule has 0 radical (unpaired) electrons. The number of nitrogens with two attached hydrogens (primary N) is 1. The molecule has 1 aromatic heterocycles. The van der Waals surface area contributed by atoms with Crippen LogP contribution in [0.1, 0.15) is 41.9 Å². The van der Waals surface area contributed by atoms with Crippen LogP contribution in [0.4, 0.5) is 5.69 Å². The summed E-state index contributed by atoms with van der Waals surface area (Å²) in [5, 5.41) is 18.8. The molecule has 0 aromatic carbocycles. The molecule has 0 unspecified atom stereocenters. The van der Waals surface area contributed by atoms with Crippen LogP contribution in [0.15, 0.2) is 0 Å². The highest BCUT2D eigenvalue weighted by atomic mass is 16.3. The third-order valence-corrected chi connectivity index (χ3v) is 3.24. The summed E-state index contributed by atoms with van der Waals surface area (Å²) in [7, 11) is 0. The predicted octanol–water partition coefficient (Wildman–Crippen LogP) is 0.334. The number of H-pyrrole nitrogens is 1. The standard InChI is InChI=1S/C11H18N4O2/c1-6-9(12)10(15-14-6)11(17)13-7-2-4-8(16)5-3-7/h7-8,16H,2-5,12H2,1H3,(H,13,17)(H,14,15). The molecule has 1 aliphatic carbocycles. The van der Waals surface area contributed by atoms with Gasteiger partial charge in [0.1, 0.15) is 0 Å². The van der Waals surface area contributed by atoms with E-state index >= 15 is 0 Å². The van der Waals surface area contributed by atoms with Crippen molar-refractivity contribution in [1.29, 1.82) is 0 Å². The van der Waals surface area contributed by atoms with Crippen LogP contribution < -0.4 is 11.1 Å². The van der Waals surface area contributed by atoms with Crippen LogP contribution in [0.2, 0.25) is 0 Å². The Morgan fingerprint density at radius 2 is 2.12 bits per heavy atom. The fraction of sp³-hybridized carbons (Fsp3) is 0.636. The van der Waals surface area contributed by atoms with Gasteiger partial charge in [0, 0.05) is 6.04 Å². The topological polar surface area (TPSA) is 104 Å². The molecular formula is C11H18N4O2. The molecule has 1 saturated carbocycles. The molecule has 1 aromatic rings. The Bertz CT molecular complexity index is 408. The molecule has 0 bridgehead atoms. The minimum Gasteiger partial charge on any atom is -0.395 e. The number of amides is 1. The molecule has 1 aliphatic rings. The van der Waals surface area contributed by atoms with E-state index in [4.69, 9.17) is 5.73 Å². The monoisotopic (exact) mass is 238 g/mol. The number of nitrogens with zero attached hydrogens (tertiary/aromatic N) is 1. The Hall–Kier alpha value is -1.56. The van der Waals surface area contributed by atoms with Gasteiger partial charge < -0.3 is 16.2 Å². The van der Waals surface area contributed by atoms with Crippen molar-refractivity contribution in [3.8, 4) is 0 Å². The molecule has 0 aliphatic heterocycles. The first-order chi connectivity index (χ1) is 8.08. The van der Waals surface area contributed by atoms with Gasteiger partial charge in [0.05, 0.1) is 17.5 Å². The molecule has 6 nitrogen and oxygen atoms in total. The number of aliphatic hydroxyl groups is 1. The number of aromatic nitrogens is 2. The number of anilines is 1. The van der Waals surface area contributed by atoms with Gasteiger partial charge in [-0.05, 0) is 32.6 Å². The number of aryl methyl sites for hydroxylation is 1. The number of aliphatic hydroxyl groups excluding tert-OH is 1. The lowest BCUT2D eigenvalue weighted by molar-refractivity contribution is 0.0864. The molecule has 6 heteroatoms. The fourth-order valence-electron chi connectivity index (χ4n) is 2.08. The molecule has 5 N–H and O–H groups in total. The zero-order chi connectivity index (χ0) is 12.4. The molecule has 1 heterocycles. The van der Waals surface area contributed by atoms with Gasteiger partial charge in [0.15, 0.2) is 5.69 Å². The van der Waals surface area contributed by atoms with E-state index in [1.54, 1.807) is 6.92 Å². The van der Waals surface area contributed by atoms with Gasteiger partial charge in [-0.15, -0.1) is 0 Å². The van der Waals surface area contributed by atoms with Crippen molar-refractivity contribution in [1.82, 2.24) is 15.5 Å². The van der Waals surface area contributed by atoms with E-state index < -0.39 is 0 Å². The number of nitrogens with one attached hydrogen (secondary N) is 2. The van der Waals surface area contributed by atoms with Gasteiger partial charge in [-0.2, -0.15) is 5.10 Å². The van der Waals surface area contributed by atoms with Crippen molar-refractivity contribution in [3.05, 3.63) is 11.4 Å². The number of nitrogen functional groups attached to an aromatic ring is 1. The Morgan fingerprint density at radius 3 is 2.65 bits per heavy atom. The quantitative estimate of drug-likeness (QED) is 0.596. The number of hydrogen-bond donors (Lipinski definition) is 4. The summed E-state index contributed by atoms with van der Waals surface area (Å²) in [6.45, 7) is 1.77. The van der Waals surface area contributed by atoms with Crippen LogP contribution in [0.3, 0.4) is 0 Å². The van der Waals surface area contributed by atoms with Gasteiger partial charge in [-0.25, -0.2) is 0 Å². The smallest absolute Gasteiger partial charge is 0.274 e. The van der Waals surface area contributed by atoms with Gasteiger partial charge in [0.25, 0.3) is 5.91 Å². The van der Waals surface area contributed by atoms with Gasteiger partial charge in [-0.1, -0.05) is 0 Å². The average Bonchev–Trinajstić information content (AvgIpc) is 2.63. The number of hydrogen-bond acceptors (Lipinski definition) is 4. The summed E-state index contributed by atoms with van der Waals surface area (Å²) in [5.41, 5.74) is 7.10. The van der Waals surface area contributed by atoms with Crippen LogP contribution >= 0.6 is 0 Å². The molecule has 17 heavy (non-hydrogen) atoms. The van der Waals surface area contributed by atoms with Crippen LogP contribution in [0, 0.1) is 6.92 Å². The second-order valence-corrected chi connectivity index (χ2v) is 4.59. The second-order valence-electron chi connectivity index (χ2n) is 4.59. The van der Waals surface area contributed by atoms with Gasteiger partial charge >= 0.3 is 0 Å². The molecule has 94 valence electrons. The highest BCUT2D eigenvalue weighted by Crippen LogP contribution is 2.19. The fourth-order valence-corrected chi connectivity index (χ4v) is 2.08. The van der Waals surface area contributed by atoms with E-state index in [0.29, 0.717) is 11.4 Å². The summed E-state index contributed by atoms with van der Waals surface area (Å²) < 4.78 is 0. The lowest BCUT2D eigenvalue weighted by atomic mass is 9.93. The first-order valence-corrected chi connectivity index (χ1v) is 5.87. The first-order valence-electron chi connectivity index (χ1n) is 5.87. The molecule has 1 fully saturated rings. The first kappa shape index (κ1) is 11.9. The zero-order valence-electron chi connectivity index (χ0n) is 9.86. The Labute approximate surface area is 99.6 Å². The highest BCUT2D eigenvalue weighted by Gasteiger charge is 2.23. The maximum atomic E-state index is 11.9. The summed E-state index contributed by atoms with van der Waals surface area (Å²) in [6.07, 6.45) is 2.85. The van der Waals surface area contributed by atoms with Crippen molar-refractivity contribution in [3.63, 3.8) is 0 Å². The Balaban J connectivity index is 1.95. The van der Waals surface area contributed by atoms with Crippen molar-refractivity contribution in [2.24, 2.45) is 0 Å². The molecule has 0 spiro atoms. The summed E-state index contributed by atoms with van der Waals surface area (Å²) >= 11 is 0. The summed E-state index contributed by atoms with van der Waals surface area (Å²) in [6, 6.07) is 0.113. The SMILES string of the molecule is Cc1[nH]nc(C(=O)NC2CCC(O)CC2)c1N. The van der Waals surface area contributed by atoms with Crippen molar-refractivity contribution < 1.29 is 9.90 Å².